The molecule has 1 aliphatic rings. The van der Waals surface area contributed by atoms with E-state index in [-0.39, 0.29) is 6.61 Å². The van der Waals surface area contributed by atoms with Gasteiger partial charge in [0, 0.05) is 24.8 Å². The summed E-state index contributed by atoms with van der Waals surface area (Å²) in [4.78, 5) is 0. The monoisotopic (exact) mass is 279 g/mol. The Morgan fingerprint density at radius 1 is 1.25 bits per heavy atom. The maximum Gasteiger partial charge on any atom is 0.165 e. The van der Waals surface area contributed by atoms with E-state index in [1.165, 1.54) is 12.8 Å². The van der Waals surface area contributed by atoms with Crippen LogP contribution in [0.15, 0.2) is 18.2 Å². The molecule has 2 rings (SSSR count). The van der Waals surface area contributed by atoms with Gasteiger partial charge in [0.1, 0.15) is 0 Å². The maximum absolute atomic E-state index is 8.77. The zero-order valence-corrected chi connectivity index (χ0v) is 12.2. The van der Waals surface area contributed by atoms with Crippen molar-refractivity contribution in [2.75, 3.05) is 20.3 Å². The summed E-state index contributed by atoms with van der Waals surface area (Å²) in [6, 6.07) is 6.70. The van der Waals surface area contributed by atoms with Crippen LogP contribution in [-0.2, 0) is 6.54 Å². The first kappa shape index (κ1) is 15.1. The molecule has 1 aromatic rings. The zero-order valence-electron chi connectivity index (χ0n) is 12.2. The molecule has 1 aromatic carbocycles. The second kappa shape index (κ2) is 8.12. The predicted octanol–water partition coefficient (Wildman–Crippen LogP) is 2.49. The molecule has 0 saturated heterocycles. The van der Waals surface area contributed by atoms with Crippen LogP contribution in [0, 0.1) is 0 Å². The summed E-state index contributed by atoms with van der Waals surface area (Å²) < 4.78 is 11.3. The molecule has 0 heterocycles. The molecular weight excluding hydrogens is 254 g/mol. The minimum absolute atomic E-state index is 0.255. The normalized spacial score (nSPS) is 14.3. The molecule has 0 bridgehead atoms. The van der Waals surface area contributed by atoms with Gasteiger partial charge in [-0.15, -0.1) is 0 Å². The van der Waals surface area contributed by atoms with Gasteiger partial charge in [-0.25, -0.2) is 0 Å². The molecular formula is C16H25NO3. The lowest BCUT2D eigenvalue weighted by atomic mass is 10.1. The molecule has 0 spiro atoms. The second-order valence-electron chi connectivity index (χ2n) is 5.24. The predicted molar refractivity (Wildman–Crippen MR) is 79.3 cm³/mol. The molecule has 0 unspecified atom stereocenters. The van der Waals surface area contributed by atoms with Gasteiger partial charge in [0.15, 0.2) is 11.5 Å². The van der Waals surface area contributed by atoms with E-state index in [0.29, 0.717) is 12.6 Å². The summed E-state index contributed by atoms with van der Waals surface area (Å²) in [5, 5.41) is 12.3. The third-order valence-corrected chi connectivity index (χ3v) is 3.49. The van der Waals surface area contributed by atoms with Gasteiger partial charge in [-0.1, -0.05) is 12.1 Å². The second-order valence-corrected chi connectivity index (χ2v) is 5.24. The van der Waals surface area contributed by atoms with Gasteiger partial charge in [-0.3, -0.25) is 0 Å². The van der Waals surface area contributed by atoms with Crippen LogP contribution in [0.3, 0.4) is 0 Å². The van der Waals surface area contributed by atoms with Gasteiger partial charge in [0.05, 0.1) is 13.7 Å². The van der Waals surface area contributed by atoms with Crippen LogP contribution in [-0.4, -0.2) is 31.5 Å². The van der Waals surface area contributed by atoms with E-state index in [0.717, 1.165) is 42.9 Å². The molecule has 4 heteroatoms. The Bertz CT molecular complexity index is 405. The molecule has 0 radical (unpaired) electrons. The third kappa shape index (κ3) is 4.69. The molecule has 1 aliphatic carbocycles. The van der Waals surface area contributed by atoms with Crippen molar-refractivity contribution in [1.29, 1.82) is 0 Å². The number of hydrogen-bond donors (Lipinski definition) is 2. The summed E-state index contributed by atoms with van der Waals surface area (Å²) in [6.07, 6.45) is 5.34. The Morgan fingerprint density at radius 3 is 2.80 bits per heavy atom. The summed E-state index contributed by atoms with van der Waals surface area (Å²) in [7, 11) is 1.67. The fraction of sp³-hybridized carbons (Fsp3) is 0.625. The Morgan fingerprint density at radius 2 is 2.10 bits per heavy atom. The first-order valence-electron chi connectivity index (χ1n) is 7.48. The van der Waals surface area contributed by atoms with Crippen LogP contribution >= 0.6 is 0 Å². The first-order chi connectivity index (χ1) is 9.85. The minimum atomic E-state index is 0.255. The number of ether oxygens (including phenoxy) is 2. The first-order valence-corrected chi connectivity index (χ1v) is 7.48. The Balaban J connectivity index is 1.91. The highest BCUT2D eigenvalue weighted by Crippen LogP contribution is 2.32. The molecule has 0 aliphatic heterocycles. The van der Waals surface area contributed by atoms with Crippen LogP contribution in [0.4, 0.5) is 0 Å². The van der Waals surface area contributed by atoms with E-state index in [1.807, 2.05) is 12.1 Å². The molecule has 0 atom stereocenters. The molecule has 2 N–H and O–H groups in total. The van der Waals surface area contributed by atoms with Crippen LogP contribution < -0.4 is 14.8 Å². The lowest BCUT2D eigenvalue weighted by molar-refractivity contribution is 0.259. The summed E-state index contributed by atoms with van der Waals surface area (Å²) in [6.45, 7) is 1.75. The van der Waals surface area contributed by atoms with Crippen LogP contribution in [0.25, 0.3) is 0 Å². The van der Waals surface area contributed by atoms with E-state index in [4.69, 9.17) is 14.6 Å². The smallest absolute Gasteiger partial charge is 0.165 e. The topological polar surface area (TPSA) is 50.7 Å². The van der Waals surface area contributed by atoms with Gasteiger partial charge < -0.3 is 19.9 Å². The molecule has 1 saturated carbocycles. The van der Waals surface area contributed by atoms with Gasteiger partial charge in [-0.2, -0.15) is 0 Å². The summed E-state index contributed by atoms with van der Waals surface area (Å²) in [5.74, 6) is 1.65. The van der Waals surface area contributed by atoms with Gasteiger partial charge in [-0.05, 0) is 38.2 Å². The van der Waals surface area contributed by atoms with Crippen molar-refractivity contribution in [2.45, 2.75) is 44.7 Å². The fourth-order valence-electron chi connectivity index (χ4n) is 2.13. The van der Waals surface area contributed by atoms with E-state index in [9.17, 15) is 0 Å². The molecule has 20 heavy (non-hydrogen) atoms. The van der Waals surface area contributed by atoms with Gasteiger partial charge in [0.25, 0.3) is 0 Å². The molecule has 112 valence electrons. The zero-order chi connectivity index (χ0) is 14.2. The number of methoxy groups -OCH3 is 1. The number of para-hydroxylation sites is 1. The maximum atomic E-state index is 8.77. The largest absolute Gasteiger partial charge is 0.493 e. The number of hydrogen-bond acceptors (Lipinski definition) is 4. The van der Waals surface area contributed by atoms with E-state index < -0.39 is 0 Å². The van der Waals surface area contributed by atoms with Crippen molar-refractivity contribution in [1.82, 2.24) is 5.32 Å². The van der Waals surface area contributed by atoms with Gasteiger partial charge in [0.2, 0.25) is 0 Å². The molecule has 1 fully saturated rings. The Hall–Kier alpha value is -1.26. The van der Waals surface area contributed by atoms with Gasteiger partial charge >= 0.3 is 0 Å². The van der Waals surface area contributed by atoms with E-state index in [1.54, 1.807) is 7.11 Å². The van der Waals surface area contributed by atoms with E-state index in [2.05, 4.69) is 11.4 Å². The van der Waals surface area contributed by atoms with Crippen LogP contribution in [0.1, 0.15) is 37.7 Å². The number of aliphatic hydroxyl groups excluding tert-OH is 1. The number of rotatable bonds is 10. The molecule has 4 nitrogen and oxygen atoms in total. The number of nitrogens with one attached hydrogen (secondary N) is 1. The highest BCUT2D eigenvalue weighted by Gasteiger charge is 2.21. The quantitative estimate of drug-likeness (QED) is 0.646. The summed E-state index contributed by atoms with van der Waals surface area (Å²) in [5.41, 5.74) is 1.15. The van der Waals surface area contributed by atoms with Crippen LogP contribution in [0.5, 0.6) is 11.5 Å². The minimum Gasteiger partial charge on any atom is -0.493 e. The number of benzene rings is 1. The Labute approximate surface area is 121 Å². The fourth-order valence-corrected chi connectivity index (χ4v) is 2.13. The highest BCUT2D eigenvalue weighted by molar-refractivity contribution is 5.46. The highest BCUT2D eigenvalue weighted by atomic mass is 16.5. The Kier molecular flexibility index (Phi) is 6.15. The van der Waals surface area contributed by atoms with Crippen molar-refractivity contribution in [2.24, 2.45) is 0 Å². The van der Waals surface area contributed by atoms with Crippen molar-refractivity contribution >= 4 is 0 Å². The number of unbranched alkanes of at least 4 members (excludes halogenated alkanes) is 2. The van der Waals surface area contributed by atoms with Crippen LogP contribution in [0.2, 0.25) is 0 Å². The average molecular weight is 279 g/mol. The SMILES string of the molecule is COc1cccc(CNC2CC2)c1OCCCCCO. The lowest BCUT2D eigenvalue weighted by Crippen LogP contribution is -2.16. The standard InChI is InChI=1S/C16H25NO3/c1-19-15-7-5-6-13(12-17-14-8-9-14)16(15)20-11-4-2-3-10-18/h5-7,14,17-18H,2-4,8-12H2,1H3. The number of aliphatic hydroxyl groups is 1. The lowest BCUT2D eigenvalue weighted by Gasteiger charge is -2.15. The van der Waals surface area contributed by atoms with Crippen molar-refractivity contribution in [3.05, 3.63) is 23.8 Å². The average Bonchev–Trinajstić information content (AvgIpc) is 3.29. The third-order valence-electron chi connectivity index (χ3n) is 3.49. The van der Waals surface area contributed by atoms with Crippen molar-refractivity contribution < 1.29 is 14.6 Å². The van der Waals surface area contributed by atoms with Crippen molar-refractivity contribution in [3.8, 4) is 11.5 Å². The van der Waals surface area contributed by atoms with E-state index >= 15 is 0 Å². The molecule has 0 aromatic heterocycles. The van der Waals surface area contributed by atoms with Crippen molar-refractivity contribution in [3.63, 3.8) is 0 Å². The molecule has 0 amide bonds. The summed E-state index contributed by atoms with van der Waals surface area (Å²) >= 11 is 0.